The van der Waals surface area contributed by atoms with Crippen molar-refractivity contribution in [3.63, 3.8) is 0 Å². The van der Waals surface area contributed by atoms with Gasteiger partial charge in [-0.3, -0.25) is 0 Å². The van der Waals surface area contributed by atoms with E-state index in [9.17, 15) is 0 Å². The molecule has 4 nitrogen and oxygen atoms in total. The Morgan fingerprint density at radius 3 is 3.11 bits per heavy atom. The molecule has 0 spiro atoms. The van der Waals surface area contributed by atoms with Crippen molar-refractivity contribution in [3.05, 3.63) is 23.9 Å². The van der Waals surface area contributed by atoms with E-state index in [1.54, 1.807) is 0 Å². The minimum Gasteiger partial charge on any atom is -0.376 e. The lowest BCUT2D eigenvalue weighted by atomic mass is 10.1. The van der Waals surface area contributed by atoms with Crippen LogP contribution in [0.5, 0.6) is 0 Å². The van der Waals surface area contributed by atoms with E-state index in [1.807, 2.05) is 6.20 Å². The number of ether oxygens (including phenoxy) is 1. The van der Waals surface area contributed by atoms with Gasteiger partial charge in [0, 0.05) is 32.9 Å². The van der Waals surface area contributed by atoms with Crippen molar-refractivity contribution < 1.29 is 4.74 Å². The summed E-state index contributed by atoms with van der Waals surface area (Å²) in [6, 6.07) is 4.22. The third-order valence-corrected chi connectivity index (χ3v) is 3.53. The van der Waals surface area contributed by atoms with Gasteiger partial charge in [-0.15, -0.1) is 0 Å². The molecule has 1 atom stereocenters. The highest BCUT2D eigenvalue weighted by Crippen LogP contribution is 2.17. The molecule has 1 aliphatic rings. The maximum atomic E-state index is 5.78. The SMILES string of the molecule is CCNCc1ccnc(N(C)CC2CCCCO2)c1. The van der Waals surface area contributed by atoms with Crippen LogP contribution in [0, 0.1) is 0 Å². The Kier molecular flexibility index (Phi) is 5.61. The monoisotopic (exact) mass is 263 g/mol. The van der Waals surface area contributed by atoms with E-state index in [2.05, 4.69) is 41.3 Å². The fourth-order valence-electron chi connectivity index (χ4n) is 2.40. The third kappa shape index (κ3) is 4.48. The molecule has 19 heavy (non-hydrogen) atoms. The number of likely N-dealkylation sites (N-methyl/N-ethyl adjacent to an activating group) is 1. The molecule has 0 bridgehead atoms. The van der Waals surface area contributed by atoms with Crippen molar-refractivity contribution in [3.8, 4) is 0 Å². The van der Waals surface area contributed by atoms with Crippen LogP contribution >= 0.6 is 0 Å². The third-order valence-electron chi connectivity index (χ3n) is 3.53. The number of nitrogens with zero attached hydrogens (tertiary/aromatic N) is 2. The van der Waals surface area contributed by atoms with E-state index in [-0.39, 0.29) is 0 Å². The second kappa shape index (κ2) is 7.46. The maximum Gasteiger partial charge on any atom is 0.128 e. The molecule has 1 aliphatic heterocycles. The smallest absolute Gasteiger partial charge is 0.128 e. The average molecular weight is 263 g/mol. The van der Waals surface area contributed by atoms with Gasteiger partial charge >= 0.3 is 0 Å². The van der Waals surface area contributed by atoms with Crippen molar-refractivity contribution >= 4 is 5.82 Å². The van der Waals surface area contributed by atoms with Crippen LogP contribution in [-0.2, 0) is 11.3 Å². The lowest BCUT2D eigenvalue weighted by molar-refractivity contribution is 0.0215. The molecule has 106 valence electrons. The Morgan fingerprint density at radius 2 is 2.37 bits per heavy atom. The predicted octanol–water partition coefficient (Wildman–Crippen LogP) is 2.20. The lowest BCUT2D eigenvalue weighted by Crippen LogP contribution is -2.33. The van der Waals surface area contributed by atoms with Gasteiger partial charge in [0.15, 0.2) is 0 Å². The van der Waals surface area contributed by atoms with E-state index in [0.29, 0.717) is 6.10 Å². The summed E-state index contributed by atoms with van der Waals surface area (Å²) in [5.74, 6) is 1.03. The molecule has 1 fully saturated rings. The van der Waals surface area contributed by atoms with E-state index >= 15 is 0 Å². The van der Waals surface area contributed by atoms with E-state index in [1.165, 1.54) is 24.8 Å². The lowest BCUT2D eigenvalue weighted by Gasteiger charge is -2.28. The number of hydrogen-bond donors (Lipinski definition) is 1. The van der Waals surface area contributed by atoms with Crippen LogP contribution in [0.3, 0.4) is 0 Å². The van der Waals surface area contributed by atoms with Crippen LogP contribution in [-0.4, -0.2) is 37.8 Å². The normalized spacial score (nSPS) is 19.4. The van der Waals surface area contributed by atoms with E-state index < -0.39 is 0 Å². The van der Waals surface area contributed by atoms with Crippen LogP contribution in [0.2, 0.25) is 0 Å². The van der Waals surface area contributed by atoms with E-state index in [0.717, 1.165) is 32.1 Å². The molecule has 1 saturated heterocycles. The first kappa shape index (κ1) is 14.3. The molecule has 0 saturated carbocycles. The van der Waals surface area contributed by atoms with Gasteiger partial charge in [0.05, 0.1) is 6.10 Å². The zero-order chi connectivity index (χ0) is 13.5. The van der Waals surface area contributed by atoms with Crippen molar-refractivity contribution in [1.82, 2.24) is 10.3 Å². The summed E-state index contributed by atoms with van der Waals surface area (Å²) in [5, 5.41) is 3.34. The molecule has 0 aliphatic carbocycles. The van der Waals surface area contributed by atoms with Crippen molar-refractivity contribution in [2.45, 2.75) is 38.8 Å². The zero-order valence-electron chi connectivity index (χ0n) is 12.1. The Hall–Kier alpha value is -1.13. The largest absolute Gasteiger partial charge is 0.376 e. The molecule has 0 aromatic carbocycles. The van der Waals surface area contributed by atoms with Gasteiger partial charge in [0.25, 0.3) is 0 Å². The highest BCUT2D eigenvalue weighted by Gasteiger charge is 2.16. The molecule has 1 aromatic rings. The molecule has 1 N–H and O–H groups in total. The standard InChI is InChI=1S/C15H25N3O/c1-3-16-11-13-7-8-17-15(10-13)18(2)12-14-6-4-5-9-19-14/h7-8,10,14,16H,3-6,9,11-12H2,1-2H3. The average Bonchev–Trinajstić information content (AvgIpc) is 2.46. The van der Waals surface area contributed by atoms with Crippen LogP contribution in [0.15, 0.2) is 18.3 Å². The van der Waals surface area contributed by atoms with Gasteiger partial charge in [-0.25, -0.2) is 4.98 Å². The van der Waals surface area contributed by atoms with E-state index in [4.69, 9.17) is 4.74 Å². The van der Waals surface area contributed by atoms with Crippen LogP contribution in [0.4, 0.5) is 5.82 Å². The minimum absolute atomic E-state index is 0.359. The second-order valence-electron chi connectivity index (χ2n) is 5.17. The summed E-state index contributed by atoms with van der Waals surface area (Å²) in [5.41, 5.74) is 1.28. The molecular weight excluding hydrogens is 238 g/mol. The second-order valence-corrected chi connectivity index (χ2v) is 5.17. The van der Waals surface area contributed by atoms with Gasteiger partial charge in [-0.05, 0) is 43.5 Å². The molecule has 4 heteroatoms. The Bertz CT molecular complexity index is 377. The first-order valence-electron chi connectivity index (χ1n) is 7.28. The summed E-state index contributed by atoms with van der Waals surface area (Å²) in [7, 11) is 2.09. The molecule has 0 amide bonds. The number of anilines is 1. The van der Waals surface area contributed by atoms with Crippen LogP contribution in [0.25, 0.3) is 0 Å². The number of nitrogens with one attached hydrogen (secondary N) is 1. The Labute approximate surface area is 116 Å². The number of rotatable bonds is 6. The quantitative estimate of drug-likeness (QED) is 0.854. The number of hydrogen-bond acceptors (Lipinski definition) is 4. The van der Waals surface area contributed by atoms with Gasteiger partial charge < -0.3 is 15.0 Å². The topological polar surface area (TPSA) is 37.4 Å². The minimum atomic E-state index is 0.359. The number of pyridine rings is 1. The highest BCUT2D eigenvalue weighted by atomic mass is 16.5. The number of aromatic nitrogens is 1. The van der Waals surface area contributed by atoms with Crippen LogP contribution < -0.4 is 10.2 Å². The van der Waals surface area contributed by atoms with Crippen LogP contribution in [0.1, 0.15) is 31.7 Å². The first-order valence-corrected chi connectivity index (χ1v) is 7.28. The fourth-order valence-corrected chi connectivity index (χ4v) is 2.40. The molecular formula is C15H25N3O. The molecule has 0 radical (unpaired) electrons. The highest BCUT2D eigenvalue weighted by molar-refractivity contribution is 5.40. The first-order chi connectivity index (χ1) is 9.29. The van der Waals surface area contributed by atoms with Crippen molar-refractivity contribution in [2.75, 3.05) is 31.6 Å². The predicted molar refractivity (Wildman–Crippen MR) is 78.5 cm³/mol. The summed E-state index contributed by atoms with van der Waals surface area (Å²) in [4.78, 5) is 6.66. The summed E-state index contributed by atoms with van der Waals surface area (Å²) in [6.45, 7) is 5.85. The summed E-state index contributed by atoms with van der Waals surface area (Å²) >= 11 is 0. The molecule has 1 aromatic heterocycles. The van der Waals surface area contributed by atoms with Gasteiger partial charge in [0.1, 0.15) is 5.82 Å². The maximum absolute atomic E-state index is 5.78. The fraction of sp³-hybridized carbons (Fsp3) is 0.667. The molecule has 1 unspecified atom stereocenters. The summed E-state index contributed by atoms with van der Waals surface area (Å²) in [6.07, 6.45) is 5.91. The molecule has 2 heterocycles. The van der Waals surface area contributed by atoms with Gasteiger partial charge in [0.2, 0.25) is 0 Å². The van der Waals surface area contributed by atoms with Crippen molar-refractivity contribution in [1.29, 1.82) is 0 Å². The Morgan fingerprint density at radius 1 is 1.47 bits per heavy atom. The van der Waals surface area contributed by atoms with Gasteiger partial charge in [-0.2, -0.15) is 0 Å². The zero-order valence-corrected chi connectivity index (χ0v) is 12.1. The molecule has 2 rings (SSSR count). The van der Waals surface area contributed by atoms with Gasteiger partial charge in [-0.1, -0.05) is 6.92 Å². The summed E-state index contributed by atoms with van der Waals surface area (Å²) < 4.78 is 5.78. The van der Waals surface area contributed by atoms with Crippen molar-refractivity contribution in [2.24, 2.45) is 0 Å². The Balaban J connectivity index is 1.91.